The number of ether oxygens (including phenoxy) is 1. The van der Waals surface area contributed by atoms with E-state index in [0.29, 0.717) is 30.0 Å². The fourth-order valence-electron chi connectivity index (χ4n) is 3.36. The summed E-state index contributed by atoms with van der Waals surface area (Å²) < 4.78 is 5.69. The lowest BCUT2D eigenvalue weighted by molar-refractivity contribution is -0.149. The van der Waals surface area contributed by atoms with Crippen LogP contribution in [0.5, 0.6) is 5.75 Å². The van der Waals surface area contributed by atoms with Crippen LogP contribution in [0, 0.1) is 5.92 Å². The van der Waals surface area contributed by atoms with Crippen molar-refractivity contribution < 1.29 is 29.3 Å². The van der Waals surface area contributed by atoms with Gasteiger partial charge in [-0.25, -0.2) is 4.79 Å². The van der Waals surface area contributed by atoms with Gasteiger partial charge < -0.3 is 26.0 Å². The molecule has 2 unspecified atom stereocenters. The van der Waals surface area contributed by atoms with Crippen LogP contribution in [-0.2, 0) is 27.2 Å². The first-order valence-electron chi connectivity index (χ1n) is 11.1. The van der Waals surface area contributed by atoms with E-state index in [-0.39, 0.29) is 12.8 Å². The van der Waals surface area contributed by atoms with E-state index in [0.717, 1.165) is 25.7 Å². The molecule has 178 valence electrons. The van der Waals surface area contributed by atoms with Crippen molar-refractivity contribution in [1.29, 1.82) is 0 Å². The summed E-state index contributed by atoms with van der Waals surface area (Å²) in [5.74, 6) is -4.06. The predicted molar refractivity (Wildman–Crippen MR) is 124 cm³/mol. The third-order valence-electron chi connectivity index (χ3n) is 5.24. The third-order valence-corrected chi connectivity index (χ3v) is 5.24. The lowest BCUT2D eigenvalue weighted by Crippen LogP contribution is -2.47. The summed E-state index contributed by atoms with van der Waals surface area (Å²) in [4.78, 5) is 35.9. The summed E-state index contributed by atoms with van der Waals surface area (Å²) in [5.41, 5.74) is 6.84. The SMILES string of the molecule is NCCCCCCOc1ccc(CC(NC(=O)C(Cc2ccccc2)C(=O)O)C(=O)O)cc1. The van der Waals surface area contributed by atoms with Crippen molar-refractivity contribution in [2.24, 2.45) is 11.7 Å². The number of aliphatic carboxylic acids is 2. The van der Waals surface area contributed by atoms with Crippen LogP contribution in [0.1, 0.15) is 36.8 Å². The van der Waals surface area contributed by atoms with Crippen LogP contribution >= 0.6 is 0 Å². The standard InChI is InChI=1S/C25H32N2O6/c26-14-6-1-2-7-15-33-20-12-10-19(11-13-20)17-22(25(31)32)27-23(28)21(24(29)30)16-18-8-4-3-5-9-18/h3-5,8-13,21-22H,1-2,6-7,14-17,26H2,(H,27,28)(H,29,30)(H,31,32). The summed E-state index contributed by atoms with van der Waals surface area (Å²) in [7, 11) is 0. The maximum Gasteiger partial charge on any atom is 0.326 e. The van der Waals surface area contributed by atoms with Crippen LogP contribution in [0.3, 0.4) is 0 Å². The zero-order valence-corrected chi connectivity index (χ0v) is 18.6. The van der Waals surface area contributed by atoms with E-state index in [2.05, 4.69) is 5.32 Å². The van der Waals surface area contributed by atoms with Crippen molar-refractivity contribution in [2.75, 3.05) is 13.2 Å². The number of nitrogens with one attached hydrogen (secondary N) is 1. The number of rotatable bonds is 15. The number of amides is 1. The van der Waals surface area contributed by atoms with E-state index < -0.39 is 29.8 Å². The molecule has 33 heavy (non-hydrogen) atoms. The highest BCUT2D eigenvalue weighted by molar-refractivity contribution is 5.98. The molecule has 0 saturated carbocycles. The van der Waals surface area contributed by atoms with Gasteiger partial charge >= 0.3 is 11.9 Å². The Labute approximate surface area is 193 Å². The van der Waals surface area contributed by atoms with Crippen molar-refractivity contribution in [3.05, 3.63) is 65.7 Å². The summed E-state index contributed by atoms with van der Waals surface area (Å²) in [5, 5.41) is 21.4. The van der Waals surface area contributed by atoms with Crippen molar-refractivity contribution >= 4 is 17.8 Å². The average Bonchev–Trinajstić information content (AvgIpc) is 2.80. The molecule has 0 heterocycles. The van der Waals surface area contributed by atoms with Crippen LogP contribution in [0.4, 0.5) is 0 Å². The molecule has 2 atom stereocenters. The van der Waals surface area contributed by atoms with Crippen LogP contribution < -0.4 is 15.8 Å². The van der Waals surface area contributed by atoms with Crippen LogP contribution in [0.2, 0.25) is 0 Å². The average molecular weight is 457 g/mol. The number of carboxylic acids is 2. The quantitative estimate of drug-likeness (QED) is 0.239. The molecule has 0 aromatic heterocycles. The minimum Gasteiger partial charge on any atom is -0.494 e. The van der Waals surface area contributed by atoms with Crippen LogP contribution in [0.25, 0.3) is 0 Å². The normalized spacial score (nSPS) is 12.5. The molecule has 0 fully saturated rings. The van der Waals surface area contributed by atoms with E-state index in [9.17, 15) is 24.6 Å². The predicted octanol–water partition coefficient (Wildman–Crippen LogP) is 2.64. The van der Waals surface area contributed by atoms with E-state index in [1.54, 1.807) is 54.6 Å². The molecule has 1 amide bonds. The third kappa shape index (κ3) is 9.33. The van der Waals surface area contributed by atoms with Crippen molar-refractivity contribution in [1.82, 2.24) is 5.32 Å². The van der Waals surface area contributed by atoms with Gasteiger partial charge in [0.05, 0.1) is 6.61 Å². The zero-order chi connectivity index (χ0) is 24.1. The largest absolute Gasteiger partial charge is 0.494 e. The maximum atomic E-state index is 12.6. The van der Waals surface area contributed by atoms with Gasteiger partial charge in [0.25, 0.3) is 0 Å². The minimum absolute atomic E-state index is 0.0212. The summed E-state index contributed by atoms with van der Waals surface area (Å²) in [6.45, 7) is 1.29. The summed E-state index contributed by atoms with van der Waals surface area (Å²) >= 11 is 0. The number of nitrogens with two attached hydrogens (primary N) is 1. The van der Waals surface area contributed by atoms with Gasteiger partial charge in [-0.05, 0) is 49.1 Å². The Kier molecular flexibility index (Phi) is 10.9. The molecule has 0 saturated heterocycles. The van der Waals surface area contributed by atoms with Gasteiger partial charge in [-0.15, -0.1) is 0 Å². The Bertz CT molecular complexity index is 886. The minimum atomic E-state index is -1.38. The van der Waals surface area contributed by atoms with Gasteiger partial charge in [-0.1, -0.05) is 55.3 Å². The molecule has 0 aliphatic rings. The number of hydrogen-bond acceptors (Lipinski definition) is 5. The van der Waals surface area contributed by atoms with Gasteiger partial charge in [0.15, 0.2) is 0 Å². The van der Waals surface area contributed by atoms with Gasteiger partial charge in [0.2, 0.25) is 5.91 Å². The smallest absolute Gasteiger partial charge is 0.326 e. The van der Waals surface area contributed by atoms with Crippen molar-refractivity contribution in [3.63, 3.8) is 0 Å². The molecule has 2 rings (SSSR count). The van der Waals surface area contributed by atoms with Gasteiger partial charge in [0.1, 0.15) is 17.7 Å². The molecular weight excluding hydrogens is 424 g/mol. The van der Waals surface area contributed by atoms with E-state index in [4.69, 9.17) is 10.5 Å². The summed E-state index contributed by atoms with van der Waals surface area (Å²) in [6, 6.07) is 14.5. The number of hydrogen-bond donors (Lipinski definition) is 4. The lowest BCUT2D eigenvalue weighted by atomic mass is 9.97. The fraction of sp³-hybridized carbons (Fsp3) is 0.400. The topological polar surface area (TPSA) is 139 Å². The second-order valence-corrected chi connectivity index (χ2v) is 7.88. The zero-order valence-electron chi connectivity index (χ0n) is 18.6. The number of carbonyl (C=O) groups is 3. The van der Waals surface area contributed by atoms with Gasteiger partial charge in [-0.2, -0.15) is 0 Å². The summed E-state index contributed by atoms with van der Waals surface area (Å²) in [6.07, 6.45) is 4.08. The van der Waals surface area contributed by atoms with E-state index in [1.807, 2.05) is 0 Å². The van der Waals surface area contributed by atoms with E-state index >= 15 is 0 Å². The molecule has 5 N–H and O–H groups in total. The van der Waals surface area contributed by atoms with E-state index in [1.165, 1.54) is 0 Å². The number of benzene rings is 2. The number of carbonyl (C=O) groups excluding carboxylic acids is 1. The number of carboxylic acid groups (broad SMARTS) is 2. The molecule has 0 aliphatic heterocycles. The monoisotopic (exact) mass is 456 g/mol. The Morgan fingerprint density at radius 3 is 2.06 bits per heavy atom. The molecule has 8 nitrogen and oxygen atoms in total. The first kappa shape index (κ1) is 25.9. The maximum absolute atomic E-state index is 12.6. The molecule has 2 aromatic carbocycles. The Balaban J connectivity index is 1.91. The molecule has 0 bridgehead atoms. The molecule has 0 radical (unpaired) electrons. The van der Waals surface area contributed by atoms with Crippen LogP contribution in [-0.4, -0.2) is 47.3 Å². The van der Waals surface area contributed by atoms with Crippen molar-refractivity contribution in [3.8, 4) is 5.75 Å². The highest BCUT2D eigenvalue weighted by atomic mass is 16.5. The molecule has 0 aliphatic carbocycles. The second kappa shape index (κ2) is 13.9. The highest BCUT2D eigenvalue weighted by Gasteiger charge is 2.30. The van der Waals surface area contributed by atoms with Crippen LogP contribution in [0.15, 0.2) is 54.6 Å². The molecule has 8 heteroatoms. The highest BCUT2D eigenvalue weighted by Crippen LogP contribution is 2.15. The Hall–Kier alpha value is -3.39. The van der Waals surface area contributed by atoms with Gasteiger partial charge in [0, 0.05) is 6.42 Å². The lowest BCUT2D eigenvalue weighted by Gasteiger charge is -2.18. The Morgan fingerprint density at radius 2 is 1.45 bits per heavy atom. The Morgan fingerprint density at radius 1 is 0.818 bits per heavy atom. The fourth-order valence-corrected chi connectivity index (χ4v) is 3.36. The molecule has 2 aromatic rings. The first-order chi connectivity index (χ1) is 15.9. The number of unbranched alkanes of at least 4 members (excludes halogenated alkanes) is 3. The second-order valence-electron chi connectivity index (χ2n) is 7.88. The van der Waals surface area contributed by atoms with Gasteiger partial charge in [-0.3, -0.25) is 9.59 Å². The molecule has 0 spiro atoms. The first-order valence-corrected chi connectivity index (χ1v) is 11.1. The molecular formula is C25H32N2O6. The van der Waals surface area contributed by atoms with Crippen molar-refractivity contribution in [2.45, 2.75) is 44.6 Å².